The Kier molecular flexibility index (Phi) is 3.68. The molecule has 2 saturated carbocycles. The van der Waals surface area contributed by atoms with E-state index in [-0.39, 0.29) is 0 Å². The van der Waals surface area contributed by atoms with E-state index in [2.05, 4.69) is 24.1 Å². The lowest BCUT2D eigenvalue weighted by Gasteiger charge is -2.39. The van der Waals surface area contributed by atoms with E-state index in [1.807, 2.05) is 0 Å². The van der Waals surface area contributed by atoms with Crippen LogP contribution < -0.4 is 5.32 Å². The van der Waals surface area contributed by atoms with Gasteiger partial charge in [-0.15, -0.1) is 0 Å². The van der Waals surface area contributed by atoms with Crippen LogP contribution in [0.4, 0.5) is 0 Å². The molecule has 2 atom stereocenters. The van der Waals surface area contributed by atoms with Crippen molar-refractivity contribution in [3.8, 4) is 0 Å². The van der Waals surface area contributed by atoms with Crippen molar-refractivity contribution in [2.45, 2.75) is 70.4 Å². The molecule has 18 heavy (non-hydrogen) atoms. The number of nitrogens with zero attached hydrogens (tertiary/aromatic N) is 1. The van der Waals surface area contributed by atoms with E-state index < -0.39 is 0 Å². The van der Waals surface area contributed by atoms with Gasteiger partial charge < -0.3 is 5.32 Å². The van der Waals surface area contributed by atoms with Gasteiger partial charge in [0, 0.05) is 18.1 Å². The van der Waals surface area contributed by atoms with Gasteiger partial charge >= 0.3 is 0 Å². The molecule has 3 rings (SSSR count). The summed E-state index contributed by atoms with van der Waals surface area (Å²) in [6.45, 7) is 8.79. The minimum Gasteiger partial charge on any atom is -0.310 e. The molecule has 1 heterocycles. The highest BCUT2D eigenvalue weighted by molar-refractivity contribution is 5.02. The molecule has 2 unspecified atom stereocenters. The average molecular weight is 250 g/mol. The maximum atomic E-state index is 3.85. The van der Waals surface area contributed by atoms with Gasteiger partial charge in [-0.2, -0.15) is 0 Å². The zero-order chi connectivity index (χ0) is 12.6. The third kappa shape index (κ3) is 2.60. The van der Waals surface area contributed by atoms with Gasteiger partial charge in [-0.25, -0.2) is 0 Å². The van der Waals surface area contributed by atoms with Crippen LogP contribution in [0.25, 0.3) is 0 Å². The topological polar surface area (TPSA) is 15.3 Å². The summed E-state index contributed by atoms with van der Waals surface area (Å²) in [7, 11) is 0. The van der Waals surface area contributed by atoms with Crippen molar-refractivity contribution in [2.75, 3.05) is 19.6 Å². The van der Waals surface area contributed by atoms with Gasteiger partial charge in [0.2, 0.25) is 0 Å². The molecule has 1 N–H and O–H groups in total. The second-order valence-electron chi connectivity index (χ2n) is 7.23. The molecular weight excluding hydrogens is 220 g/mol. The number of hydrogen-bond acceptors (Lipinski definition) is 2. The van der Waals surface area contributed by atoms with Crippen molar-refractivity contribution in [3.05, 3.63) is 0 Å². The Balaban J connectivity index is 1.66. The monoisotopic (exact) mass is 250 g/mol. The fourth-order valence-electron chi connectivity index (χ4n) is 4.29. The molecule has 0 amide bonds. The molecule has 3 aliphatic rings. The summed E-state index contributed by atoms with van der Waals surface area (Å²) in [5.41, 5.74) is 0.406. The van der Waals surface area contributed by atoms with Crippen molar-refractivity contribution >= 4 is 0 Å². The first-order valence-electron chi connectivity index (χ1n) is 8.18. The maximum Gasteiger partial charge on any atom is 0.0308 e. The van der Waals surface area contributed by atoms with Crippen LogP contribution in [0.1, 0.15) is 58.8 Å². The molecule has 2 aliphatic carbocycles. The number of hydrogen-bond donors (Lipinski definition) is 1. The Hall–Kier alpha value is -0.0800. The van der Waals surface area contributed by atoms with Gasteiger partial charge in [-0.1, -0.05) is 12.8 Å². The highest BCUT2D eigenvalue weighted by atomic mass is 15.2. The third-order valence-corrected chi connectivity index (χ3v) is 5.82. The SMILES string of the molecule is CC(C1CCCC1)N1CCCNC(C)(C2CC2)C1. The number of rotatable bonds is 3. The van der Waals surface area contributed by atoms with Gasteiger partial charge in [-0.3, -0.25) is 4.90 Å². The van der Waals surface area contributed by atoms with E-state index in [9.17, 15) is 0 Å². The van der Waals surface area contributed by atoms with E-state index >= 15 is 0 Å². The Morgan fingerprint density at radius 2 is 1.83 bits per heavy atom. The second-order valence-corrected chi connectivity index (χ2v) is 7.23. The van der Waals surface area contributed by atoms with Crippen LogP contribution in [0.15, 0.2) is 0 Å². The third-order valence-electron chi connectivity index (χ3n) is 5.82. The van der Waals surface area contributed by atoms with Crippen LogP contribution >= 0.6 is 0 Å². The van der Waals surface area contributed by atoms with E-state index in [1.165, 1.54) is 64.6 Å². The number of nitrogens with one attached hydrogen (secondary N) is 1. The van der Waals surface area contributed by atoms with Crippen LogP contribution in [-0.2, 0) is 0 Å². The summed E-state index contributed by atoms with van der Waals surface area (Å²) in [5, 5.41) is 3.85. The van der Waals surface area contributed by atoms with Gasteiger partial charge in [0.25, 0.3) is 0 Å². The average Bonchev–Trinajstić information content (AvgIpc) is 3.12. The first-order chi connectivity index (χ1) is 8.69. The molecule has 0 aromatic rings. The van der Waals surface area contributed by atoms with Gasteiger partial charge in [0.1, 0.15) is 0 Å². The smallest absolute Gasteiger partial charge is 0.0308 e. The Morgan fingerprint density at radius 1 is 1.11 bits per heavy atom. The van der Waals surface area contributed by atoms with Gasteiger partial charge in [0.15, 0.2) is 0 Å². The van der Waals surface area contributed by atoms with E-state index in [1.54, 1.807) is 0 Å². The lowest BCUT2D eigenvalue weighted by atomic mass is 9.92. The lowest BCUT2D eigenvalue weighted by Crippen LogP contribution is -2.53. The predicted molar refractivity (Wildman–Crippen MR) is 76.7 cm³/mol. The first-order valence-corrected chi connectivity index (χ1v) is 8.18. The van der Waals surface area contributed by atoms with Crippen molar-refractivity contribution in [1.29, 1.82) is 0 Å². The minimum absolute atomic E-state index is 0.406. The van der Waals surface area contributed by atoms with Crippen molar-refractivity contribution in [1.82, 2.24) is 10.2 Å². The van der Waals surface area contributed by atoms with Crippen LogP contribution in [0.3, 0.4) is 0 Å². The van der Waals surface area contributed by atoms with Crippen LogP contribution in [-0.4, -0.2) is 36.1 Å². The molecule has 0 spiro atoms. The van der Waals surface area contributed by atoms with E-state index in [0.29, 0.717) is 5.54 Å². The second kappa shape index (κ2) is 5.13. The maximum absolute atomic E-state index is 3.85. The first kappa shape index (κ1) is 12.9. The predicted octanol–water partition coefficient (Wildman–Crippen LogP) is 3.03. The van der Waals surface area contributed by atoms with Crippen LogP contribution in [0.5, 0.6) is 0 Å². The van der Waals surface area contributed by atoms with Crippen LogP contribution in [0, 0.1) is 11.8 Å². The largest absolute Gasteiger partial charge is 0.310 e. The Bertz CT molecular complexity index is 281. The Morgan fingerprint density at radius 3 is 2.50 bits per heavy atom. The molecule has 0 radical (unpaired) electrons. The molecule has 3 fully saturated rings. The fraction of sp³-hybridized carbons (Fsp3) is 1.00. The summed E-state index contributed by atoms with van der Waals surface area (Å²) < 4.78 is 0. The van der Waals surface area contributed by atoms with Crippen molar-refractivity contribution in [2.24, 2.45) is 11.8 Å². The Labute approximate surface area is 113 Å². The molecule has 104 valence electrons. The van der Waals surface area contributed by atoms with Crippen LogP contribution in [0.2, 0.25) is 0 Å². The fourth-order valence-corrected chi connectivity index (χ4v) is 4.29. The van der Waals surface area contributed by atoms with Gasteiger partial charge in [-0.05, 0) is 70.9 Å². The summed E-state index contributed by atoms with van der Waals surface area (Å²) >= 11 is 0. The van der Waals surface area contributed by atoms with E-state index in [0.717, 1.165) is 17.9 Å². The van der Waals surface area contributed by atoms with E-state index in [4.69, 9.17) is 0 Å². The molecule has 0 aromatic carbocycles. The molecular formula is C16H30N2. The highest BCUT2D eigenvalue weighted by Crippen LogP contribution is 2.41. The summed E-state index contributed by atoms with van der Waals surface area (Å²) in [6.07, 6.45) is 10.1. The van der Waals surface area contributed by atoms with Gasteiger partial charge in [0.05, 0.1) is 0 Å². The molecule has 2 heteroatoms. The van der Waals surface area contributed by atoms with Crippen molar-refractivity contribution in [3.63, 3.8) is 0 Å². The molecule has 0 bridgehead atoms. The summed E-state index contributed by atoms with van der Waals surface area (Å²) in [6, 6.07) is 0.811. The zero-order valence-corrected chi connectivity index (χ0v) is 12.3. The quantitative estimate of drug-likeness (QED) is 0.828. The molecule has 2 nitrogen and oxygen atoms in total. The molecule has 0 aromatic heterocycles. The van der Waals surface area contributed by atoms with Crippen molar-refractivity contribution < 1.29 is 0 Å². The minimum atomic E-state index is 0.406. The summed E-state index contributed by atoms with van der Waals surface area (Å²) in [5.74, 6) is 1.93. The molecule has 1 saturated heterocycles. The molecule has 1 aliphatic heterocycles. The zero-order valence-electron chi connectivity index (χ0n) is 12.3. The normalized spacial score (nSPS) is 37.7. The summed E-state index contributed by atoms with van der Waals surface area (Å²) in [4.78, 5) is 2.81. The highest BCUT2D eigenvalue weighted by Gasteiger charge is 2.44. The standard InChI is InChI=1S/C16H30N2/c1-13(14-6-3-4-7-14)18-11-5-10-17-16(2,12-18)15-8-9-15/h13-15,17H,3-12H2,1-2H3. The lowest BCUT2D eigenvalue weighted by molar-refractivity contribution is 0.122.